The largest absolute Gasteiger partial charge is 0.346 e. The Labute approximate surface area is 123 Å². The summed E-state index contributed by atoms with van der Waals surface area (Å²) < 4.78 is 11.1. The van der Waals surface area contributed by atoms with Crippen LogP contribution in [-0.2, 0) is 15.9 Å². The van der Waals surface area contributed by atoms with Gasteiger partial charge in [0.1, 0.15) is 0 Å². The summed E-state index contributed by atoms with van der Waals surface area (Å²) in [7, 11) is 0. The van der Waals surface area contributed by atoms with Crippen molar-refractivity contribution in [1.82, 2.24) is 0 Å². The van der Waals surface area contributed by atoms with E-state index in [0.717, 1.165) is 31.2 Å². The number of alkyl halides is 1. The van der Waals surface area contributed by atoms with Crippen molar-refractivity contribution >= 4 is 17.3 Å². The number of benzene rings is 1. The van der Waals surface area contributed by atoms with Gasteiger partial charge in [0.2, 0.25) is 0 Å². The second-order valence-electron chi connectivity index (χ2n) is 4.87. The molecule has 1 aromatic carbocycles. The molecule has 5 nitrogen and oxygen atoms in total. The third kappa shape index (κ3) is 3.91. The number of nitro benzene ring substituents is 1. The van der Waals surface area contributed by atoms with Crippen molar-refractivity contribution < 1.29 is 14.4 Å². The average molecular weight is 300 g/mol. The van der Waals surface area contributed by atoms with Crippen LogP contribution in [0.15, 0.2) is 24.3 Å². The normalized spacial score (nSPS) is 17.2. The lowest BCUT2D eigenvalue weighted by Gasteiger charge is -2.24. The van der Waals surface area contributed by atoms with Crippen LogP contribution < -0.4 is 0 Å². The van der Waals surface area contributed by atoms with Crippen LogP contribution >= 0.6 is 11.6 Å². The molecule has 0 aromatic heterocycles. The highest BCUT2D eigenvalue weighted by Gasteiger charge is 2.34. The van der Waals surface area contributed by atoms with E-state index in [4.69, 9.17) is 21.1 Å². The first-order valence-electron chi connectivity index (χ1n) is 6.72. The molecule has 1 fully saturated rings. The summed E-state index contributed by atoms with van der Waals surface area (Å²) in [6, 6.07) is 6.69. The van der Waals surface area contributed by atoms with Gasteiger partial charge in [-0.05, 0) is 24.8 Å². The minimum Gasteiger partial charge on any atom is -0.346 e. The van der Waals surface area contributed by atoms with E-state index in [-0.39, 0.29) is 10.6 Å². The van der Waals surface area contributed by atoms with Crippen molar-refractivity contribution in [2.45, 2.75) is 31.5 Å². The maximum Gasteiger partial charge on any atom is 0.269 e. The fourth-order valence-corrected chi connectivity index (χ4v) is 2.58. The van der Waals surface area contributed by atoms with Gasteiger partial charge in [-0.1, -0.05) is 12.1 Å². The van der Waals surface area contributed by atoms with Gasteiger partial charge in [-0.15, -0.1) is 11.6 Å². The molecule has 0 bridgehead atoms. The SMILES string of the molecule is O=[N+]([O-])c1ccc(CCCCC2(CCl)OCCO2)cc1. The minimum atomic E-state index is -0.600. The molecular formula is C14H18ClNO4. The molecule has 1 aliphatic rings. The Morgan fingerprint density at radius 3 is 2.40 bits per heavy atom. The van der Waals surface area contributed by atoms with Crippen LogP contribution in [0.5, 0.6) is 0 Å². The van der Waals surface area contributed by atoms with Gasteiger partial charge in [0.15, 0.2) is 5.79 Å². The third-order valence-corrected chi connectivity index (χ3v) is 3.84. The molecule has 0 radical (unpaired) electrons. The predicted molar refractivity (Wildman–Crippen MR) is 76.0 cm³/mol. The van der Waals surface area contributed by atoms with E-state index < -0.39 is 5.79 Å². The smallest absolute Gasteiger partial charge is 0.269 e. The molecule has 6 heteroatoms. The first-order valence-corrected chi connectivity index (χ1v) is 7.26. The third-order valence-electron chi connectivity index (χ3n) is 3.44. The summed E-state index contributed by atoms with van der Waals surface area (Å²) in [4.78, 5) is 10.2. The van der Waals surface area contributed by atoms with Gasteiger partial charge in [0, 0.05) is 18.6 Å². The highest BCUT2D eigenvalue weighted by Crippen LogP contribution is 2.27. The van der Waals surface area contributed by atoms with E-state index in [1.807, 2.05) is 0 Å². The fourth-order valence-electron chi connectivity index (χ4n) is 2.29. The van der Waals surface area contributed by atoms with E-state index in [0.29, 0.717) is 19.1 Å². The van der Waals surface area contributed by atoms with Gasteiger partial charge in [-0.2, -0.15) is 0 Å². The van der Waals surface area contributed by atoms with Crippen molar-refractivity contribution in [3.8, 4) is 0 Å². The molecule has 0 atom stereocenters. The lowest BCUT2D eigenvalue weighted by molar-refractivity contribution is -0.384. The van der Waals surface area contributed by atoms with E-state index >= 15 is 0 Å². The number of hydrogen-bond acceptors (Lipinski definition) is 4. The van der Waals surface area contributed by atoms with Gasteiger partial charge in [-0.3, -0.25) is 10.1 Å². The van der Waals surface area contributed by atoms with Crippen LogP contribution in [-0.4, -0.2) is 29.8 Å². The van der Waals surface area contributed by atoms with Crippen LogP contribution in [0.2, 0.25) is 0 Å². The lowest BCUT2D eigenvalue weighted by atomic mass is 10.0. The Kier molecular flexibility index (Phi) is 5.34. The summed E-state index contributed by atoms with van der Waals surface area (Å²) in [6.07, 6.45) is 3.59. The van der Waals surface area contributed by atoms with E-state index in [1.54, 1.807) is 24.3 Å². The second-order valence-corrected chi connectivity index (χ2v) is 5.14. The number of halogens is 1. The molecular weight excluding hydrogens is 282 g/mol. The predicted octanol–water partition coefficient (Wildman–Crippen LogP) is 3.29. The zero-order chi connectivity index (χ0) is 14.4. The molecule has 2 rings (SSSR count). The molecule has 0 saturated carbocycles. The maximum atomic E-state index is 10.6. The zero-order valence-corrected chi connectivity index (χ0v) is 12.0. The monoisotopic (exact) mass is 299 g/mol. The van der Waals surface area contributed by atoms with Crippen LogP contribution in [0.25, 0.3) is 0 Å². The first kappa shape index (κ1) is 15.2. The van der Waals surface area contributed by atoms with E-state index in [1.165, 1.54) is 0 Å². The van der Waals surface area contributed by atoms with Crippen molar-refractivity contribution in [2.75, 3.05) is 19.1 Å². The number of rotatable bonds is 7. The highest BCUT2D eigenvalue weighted by atomic mass is 35.5. The molecule has 0 aliphatic carbocycles. The van der Waals surface area contributed by atoms with Gasteiger partial charge >= 0.3 is 0 Å². The molecule has 0 unspecified atom stereocenters. The quantitative estimate of drug-likeness (QED) is 0.335. The van der Waals surface area contributed by atoms with Gasteiger partial charge in [0.05, 0.1) is 24.0 Å². The van der Waals surface area contributed by atoms with Crippen molar-refractivity contribution in [3.63, 3.8) is 0 Å². The van der Waals surface area contributed by atoms with Crippen molar-refractivity contribution in [3.05, 3.63) is 39.9 Å². The van der Waals surface area contributed by atoms with Crippen LogP contribution in [0.4, 0.5) is 5.69 Å². The minimum absolute atomic E-state index is 0.127. The Balaban J connectivity index is 1.74. The van der Waals surface area contributed by atoms with Gasteiger partial charge in [0.25, 0.3) is 5.69 Å². The lowest BCUT2D eigenvalue weighted by Crippen LogP contribution is -2.32. The molecule has 0 N–H and O–H groups in total. The molecule has 1 heterocycles. The summed E-state index contributed by atoms with van der Waals surface area (Å²) >= 11 is 5.89. The summed E-state index contributed by atoms with van der Waals surface area (Å²) in [5, 5.41) is 10.6. The molecule has 110 valence electrons. The Morgan fingerprint density at radius 1 is 1.20 bits per heavy atom. The number of nitro groups is 1. The number of ether oxygens (including phenoxy) is 2. The summed E-state index contributed by atoms with van der Waals surface area (Å²) in [5.74, 6) is -0.248. The molecule has 0 spiro atoms. The number of unbranched alkanes of at least 4 members (excludes halogenated alkanes) is 1. The van der Waals surface area contributed by atoms with Crippen LogP contribution in [0.3, 0.4) is 0 Å². The van der Waals surface area contributed by atoms with E-state index in [2.05, 4.69) is 0 Å². The summed E-state index contributed by atoms with van der Waals surface area (Å²) in [5.41, 5.74) is 1.23. The van der Waals surface area contributed by atoms with Crippen LogP contribution in [0.1, 0.15) is 24.8 Å². The molecule has 1 saturated heterocycles. The van der Waals surface area contributed by atoms with Crippen LogP contribution in [0, 0.1) is 10.1 Å². The molecule has 20 heavy (non-hydrogen) atoms. The van der Waals surface area contributed by atoms with E-state index in [9.17, 15) is 10.1 Å². The molecule has 0 amide bonds. The fraction of sp³-hybridized carbons (Fsp3) is 0.571. The van der Waals surface area contributed by atoms with Crippen molar-refractivity contribution in [2.24, 2.45) is 0 Å². The second kappa shape index (κ2) is 7.02. The van der Waals surface area contributed by atoms with Gasteiger partial charge in [-0.25, -0.2) is 0 Å². The summed E-state index contributed by atoms with van der Waals surface area (Å²) in [6.45, 7) is 1.21. The Morgan fingerprint density at radius 2 is 1.85 bits per heavy atom. The van der Waals surface area contributed by atoms with Crippen molar-refractivity contribution in [1.29, 1.82) is 0 Å². The number of hydrogen-bond donors (Lipinski definition) is 0. The zero-order valence-electron chi connectivity index (χ0n) is 11.2. The molecule has 1 aromatic rings. The molecule has 1 aliphatic heterocycles. The highest BCUT2D eigenvalue weighted by molar-refractivity contribution is 6.18. The Bertz CT molecular complexity index is 443. The average Bonchev–Trinajstić information content (AvgIpc) is 2.93. The van der Waals surface area contributed by atoms with Gasteiger partial charge < -0.3 is 9.47 Å². The Hall–Kier alpha value is -1.17. The topological polar surface area (TPSA) is 61.6 Å². The maximum absolute atomic E-state index is 10.6. The number of nitrogens with zero attached hydrogens (tertiary/aromatic N) is 1. The number of non-ortho nitro benzene ring substituents is 1. The first-order chi connectivity index (χ1) is 9.65. The standard InChI is InChI=1S/C14H18ClNO4/c15-11-14(19-9-10-20-14)8-2-1-3-12-4-6-13(7-5-12)16(17)18/h4-7H,1-3,8-11H2. The number of aryl methyl sites for hydroxylation is 1.